The number of rotatable bonds is 7. The van der Waals surface area contributed by atoms with Crippen LogP contribution in [0.15, 0.2) is 17.3 Å². The van der Waals surface area contributed by atoms with Crippen LogP contribution in [0.25, 0.3) is 0 Å². The van der Waals surface area contributed by atoms with E-state index < -0.39 is 0 Å². The molecule has 0 spiro atoms. The Morgan fingerprint density at radius 1 is 1.27 bits per heavy atom. The van der Waals surface area contributed by atoms with Gasteiger partial charge >= 0.3 is 76.6 Å². The van der Waals surface area contributed by atoms with Gasteiger partial charge in [0.05, 0.1) is 0 Å². The van der Waals surface area contributed by atoms with E-state index in [1.807, 2.05) is 0 Å². The molecule has 0 saturated carbocycles. The Morgan fingerprint density at radius 2 is 2.00 bits per heavy atom. The van der Waals surface area contributed by atoms with E-state index >= 15 is 0 Å². The van der Waals surface area contributed by atoms with Gasteiger partial charge in [0.25, 0.3) is 0 Å². The summed E-state index contributed by atoms with van der Waals surface area (Å²) in [6.45, 7) is 5.80. The predicted molar refractivity (Wildman–Crippen MR) is 53.0 cm³/mol. The van der Waals surface area contributed by atoms with Crippen LogP contribution in [-0.4, -0.2) is 15.0 Å². The SMILES string of the molecule is C=C=C[Se]CCCCCCC. The van der Waals surface area contributed by atoms with Gasteiger partial charge in [0, 0.05) is 0 Å². The molecule has 0 aliphatic rings. The summed E-state index contributed by atoms with van der Waals surface area (Å²) in [7, 11) is 0. The molecule has 0 aromatic rings. The molecule has 11 heavy (non-hydrogen) atoms. The molecule has 1 heteroatoms. The van der Waals surface area contributed by atoms with Gasteiger partial charge in [0.1, 0.15) is 0 Å². The van der Waals surface area contributed by atoms with Crippen molar-refractivity contribution in [2.24, 2.45) is 0 Å². The van der Waals surface area contributed by atoms with Crippen molar-refractivity contribution in [2.45, 2.75) is 44.3 Å². The summed E-state index contributed by atoms with van der Waals surface area (Å²) in [6.07, 6.45) is 6.99. The first kappa shape index (κ1) is 11.0. The van der Waals surface area contributed by atoms with Gasteiger partial charge in [-0.1, -0.05) is 0 Å². The molecular formula is C10H18Se. The van der Waals surface area contributed by atoms with Crippen LogP contribution >= 0.6 is 0 Å². The van der Waals surface area contributed by atoms with Crippen LogP contribution < -0.4 is 0 Å². The van der Waals surface area contributed by atoms with E-state index in [9.17, 15) is 0 Å². The fourth-order valence-electron chi connectivity index (χ4n) is 0.907. The maximum absolute atomic E-state index is 3.54. The Bertz CT molecular complexity index is 112. The summed E-state index contributed by atoms with van der Waals surface area (Å²) in [4.78, 5) is 2.09. The van der Waals surface area contributed by atoms with Crippen LogP contribution in [-0.2, 0) is 0 Å². The summed E-state index contributed by atoms with van der Waals surface area (Å²) in [6, 6.07) is 0. The van der Waals surface area contributed by atoms with E-state index in [0.29, 0.717) is 15.0 Å². The molecular weight excluding hydrogens is 199 g/mol. The summed E-state index contributed by atoms with van der Waals surface area (Å²) in [5.74, 6) is 0. The van der Waals surface area contributed by atoms with E-state index in [-0.39, 0.29) is 0 Å². The van der Waals surface area contributed by atoms with Crippen molar-refractivity contribution in [1.29, 1.82) is 0 Å². The van der Waals surface area contributed by atoms with Crippen molar-refractivity contribution < 1.29 is 0 Å². The van der Waals surface area contributed by atoms with Gasteiger partial charge < -0.3 is 0 Å². The molecule has 0 radical (unpaired) electrons. The molecule has 0 aromatic carbocycles. The third kappa shape index (κ3) is 10.0. The summed E-state index contributed by atoms with van der Waals surface area (Å²) >= 11 is 0.675. The fraction of sp³-hybridized carbons (Fsp3) is 0.700. The van der Waals surface area contributed by atoms with E-state index in [1.165, 1.54) is 37.4 Å². The second kappa shape index (κ2) is 10.0. The third-order valence-corrected chi connectivity index (χ3v) is 3.33. The van der Waals surface area contributed by atoms with Crippen LogP contribution in [0.1, 0.15) is 39.0 Å². The Balaban J connectivity index is 2.84. The van der Waals surface area contributed by atoms with E-state index in [0.717, 1.165) is 0 Å². The molecule has 0 fully saturated rings. The third-order valence-electron chi connectivity index (χ3n) is 1.53. The summed E-state index contributed by atoms with van der Waals surface area (Å²) in [5.41, 5.74) is 2.82. The van der Waals surface area contributed by atoms with Crippen LogP contribution in [0.2, 0.25) is 5.32 Å². The molecule has 0 bridgehead atoms. The molecule has 0 rings (SSSR count). The zero-order valence-corrected chi connectivity index (χ0v) is 9.15. The van der Waals surface area contributed by atoms with E-state index in [2.05, 4.69) is 24.2 Å². The topological polar surface area (TPSA) is 0 Å². The summed E-state index contributed by atoms with van der Waals surface area (Å²) in [5, 5.41) is 1.37. The molecule has 0 heterocycles. The van der Waals surface area contributed by atoms with Crippen molar-refractivity contribution in [3.05, 3.63) is 17.3 Å². The molecule has 0 saturated heterocycles. The van der Waals surface area contributed by atoms with Gasteiger partial charge in [0.15, 0.2) is 0 Å². The molecule has 0 nitrogen and oxygen atoms in total. The average molecular weight is 217 g/mol. The molecule has 0 aliphatic carbocycles. The Morgan fingerprint density at radius 3 is 2.64 bits per heavy atom. The quantitative estimate of drug-likeness (QED) is 0.348. The first-order chi connectivity index (χ1) is 5.41. The van der Waals surface area contributed by atoms with Gasteiger partial charge in [-0.05, 0) is 0 Å². The van der Waals surface area contributed by atoms with Gasteiger partial charge in [0.2, 0.25) is 0 Å². The Labute approximate surface area is 76.9 Å². The number of unbranched alkanes of at least 4 members (excludes halogenated alkanes) is 4. The molecule has 64 valence electrons. The zero-order valence-electron chi connectivity index (χ0n) is 7.44. The zero-order chi connectivity index (χ0) is 8.36. The minimum atomic E-state index is 0.675. The van der Waals surface area contributed by atoms with E-state index in [1.54, 1.807) is 0 Å². The van der Waals surface area contributed by atoms with Crippen LogP contribution in [0.4, 0.5) is 0 Å². The molecule has 0 atom stereocenters. The molecule has 0 aromatic heterocycles. The van der Waals surface area contributed by atoms with Crippen molar-refractivity contribution in [3.63, 3.8) is 0 Å². The van der Waals surface area contributed by atoms with Crippen molar-refractivity contribution in [1.82, 2.24) is 0 Å². The van der Waals surface area contributed by atoms with Gasteiger partial charge in [-0.15, -0.1) is 0 Å². The van der Waals surface area contributed by atoms with Crippen LogP contribution in [0, 0.1) is 0 Å². The Hall–Kier alpha value is 0.0395. The summed E-state index contributed by atoms with van der Waals surface area (Å²) < 4.78 is 0. The Kier molecular flexibility index (Phi) is 10.1. The van der Waals surface area contributed by atoms with Crippen molar-refractivity contribution in [3.8, 4) is 0 Å². The van der Waals surface area contributed by atoms with Crippen molar-refractivity contribution >= 4 is 15.0 Å². The normalized spacial score (nSPS) is 9.18. The number of hydrogen-bond donors (Lipinski definition) is 0. The maximum atomic E-state index is 3.54. The predicted octanol–water partition coefficient (Wildman–Crippen LogP) is 3.38. The van der Waals surface area contributed by atoms with E-state index in [4.69, 9.17) is 0 Å². The molecule has 0 amide bonds. The number of hydrogen-bond acceptors (Lipinski definition) is 0. The van der Waals surface area contributed by atoms with Crippen LogP contribution in [0.5, 0.6) is 0 Å². The monoisotopic (exact) mass is 218 g/mol. The second-order valence-electron chi connectivity index (χ2n) is 2.61. The average Bonchev–Trinajstić information content (AvgIpc) is 2.03. The van der Waals surface area contributed by atoms with Gasteiger partial charge in [-0.3, -0.25) is 0 Å². The standard InChI is InChI=1S/C10H18Se/c1-3-5-6-7-8-10-11-9-4-2/h9H,2-3,5-8,10H2,1H3. The first-order valence-electron chi connectivity index (χ1n) is 4.37. The van der Waals surface area contributed by atoms with Gasteiger partial charge in [-0.2, -0.15) is 0 Å². The first-order valence-corrected chi connectivity index (χ1v) is 6.57. The molecule has 0 aliphatic heterocycles. The molecule has 0 N–H and O–H groups in total. The fourth-order valence-corrected chi connectivity index (χ4v) is 2.18. The van der Waals surface area contributed by atoms with Crippen LogP contribution in [0.3, 0.4) is 0 Å². The molecule has 0 unspecified atom stereocenters. The van der Waals surface area contributed by atoms with Crippen molar-refractivity contribution in [2.75, 3.05) is 0 Å². The minimum absolute atomic E-state index is 0.675. The second-order valence-corrected chi connectivity index (χ2v) is 4.66. The van der Waals surface area contributed by atoms with Gasteiger partial charge in [-0.25, -0.2) is 0 Å².